The van der Waals surface area contributed by atoms with E-state index >= 15 is 0 Å². The number of nitrogens with zero attached hydrogens (tertiary/aromatic N) is 5. The van der Waals surface area contributed by atoms with Crippen molar-refractivity contribution in [2.45, 2.75) is 6.92 Å². The Labute approximate surface area is 152 Å². The molecule has 0 spiro atoms. The first-order chi connectivity index (χ1) is 13.0. The van der Waals surface area contributed by atoms with E-state index in [0.717, 1.165) is 19.1 Å². The van der Waals surface area contributed by atoms with E-state index in [1.54, 1.807) is 0 Å². The van der Waals surface area contributed by atoms with Gasteiger partial charge in [-0.05, 0) is 13.0 Å². The Bertz CT molecular complexity index is 1080. The summed E-state index contributed by atoms with van der Waals surface area (Å²) in [5.41, 5.74) is -6.95. The third-order valence-corrected chi connectivity index (χ3v) is 3.74. The van der Waals surface area contributed by atoms with Crippen LogP contribution in [0.5, 0.6) is 0 Å². The highest BCUT2D eigenvalue weighted by molar-refractivity contribution is 5.91. The maximum Gasteiger partial charge on any atom is 0.294 e. The largest absolute Gasteiger partial charge is 0.294 e. The Balaban J connectivity index is 3.08. The highest BCUT2D eigenvalue weighted by atomic mass is 16.6. The fourth-order valence-corrected chi connectivity index (χ4v) is 2.56. The van der Waals surface area contributed by atoms with Gasteiger partial charge in [0.25, 0.3) is 28.4 Å². The molecule has 28 heavy (non-hydrogen) atoms. The standard InChI is InChI=1S/C13H7N5O10/c1-6-9(15(21)22)5-11(17(25)26)12(13(6)18(27)28)8-3-2-7(14(19)20)4-10(8)16(23)24/h2-5H,1H3. The van der Waals surface area contributed by atoms with Gasteiger partial charge in [-0.25, -0.2) is 0 Å². The monoisotopic (exact) mass is 393 g/mol. The molecular weight excluding hydrogens is 386 g/mol. The van der Waals surface area contributed by atoms with Crippen LogP contribution in [0.15, 0.2) is 24.3 Å². The minimum atomic E-state index is -1.17. The molecule has 2 aromatic rings. The SMILES string of the molecule is Cc1c([N+](=O)[O-])cc([N+](=O)[O-])c(-c2ccc([N+](=O)[O-])cc2[N+](=O)[O-])c1[N+](=O)[O-]. The first kappa shape index (κ1) is 19.8. The average Bonchev–Trinajstić information content (AvgIpc) is 2.59. The van der Waals surface area contributed by atoms with Gasteiger partial charge in [0, 0.05) is 6.07 Å². The lowest BCUT2D eigenvalue weighted by atomic mass is 9.95. The first-order valence-electron chi connectivity index (χ1n) is 7.01. The van der Waals surface area contributed by atoms with Crippen molar-refractivity contribution < 1.29 is 24.6 Å². The van der Waals surface area contributed by atoms with Crippen molar-refractivity contribution >= 4 is 28.4 Å². The number of nitro groups is 5. The minimum absolute atomic E-state index is 0.447. The summed E-state index contributed by atoms with van der Waals surface area (Å²) in [6.45, 7) is 0.959. The van der Waals surface area contributed by atoms with E-state index in [1.165, 1.54) is 0 Å². The van der Waals surface area contributed by atoms with Crippen LogP contribution in [0.2, 0.25) is 0 Å². The molecule has 2 rings (SSSR count). The van der Waals surface area contributed by atoms with Crippen LogP contribution >= 0.6 is 0 Å². The van der Waals surface area contributed by atoms with Gasteiger partial charge < -0.3 is 0 Å². The summed E-state index contributed by atoms with van der Waals surface area (Å²) in [5, 5.41) is 56.2. The van der Waals surface area contributed by atoms with Gasteiger partial charge in [0.05, 0.1) is 42.3 Å². The van der Waals surface area contributed by atoms with Crippen molar-refractivity contribution in [3.05, 3.63) is 80.4 Å². The van der Waals surface area contributed by atoms with E-state index in [-0.39, 0.29) is 0 Å². The maximum absolute atomic E-state index is 11.5. The molecule has 2 aromatic carbocycles. The number of nitro benzene ring substituents is 5. The molecule has 0 aromatic heterocycles. The molecule has 15 heteroatoms. The summed E-state index contributed by atoms with van der Waals surface area (Å²) in [5.74, 6) is 0. The predicted octanol–water partition coefficient (Wildman–Crippen LogP) is 3.20. The van der Waals surface area contributed by atoms with Crippen LogP contribution in [-0.4, -0.2) is 24.6 Å². The quantitative estimate of drug-likeness (QED) is 0.515. The molecule has 0 atom stereocenters. The zero-order valence-corrected chi connectivity index (χ0v) is 13.6. The Morgan fingerprint density at radius 1 is 0.643 bits per heavy atom. The van der Waals surface area contributed by atoms with Crippen LogP contribution in [0, 0.1) is 57.5 Å². The average molecular weight is 393 g/mol. The smallest absolute Gasteiger partial charge is 0.258 e. The van der Waals surface area contributed by atoms with Crippen molar-refractivity contribution in [2.75, 3.05) is 0 Å². The third-order valence-electron chi connectivity index (χ3n) is 3.74. The molecule has 0 aliphatic rings. The summed E-state index contributed by atoms with van der Waals surface area (Å²) in [4.78, 5) is 50.7. The third kappa shape index (κ3) is 3.26. The molecule has 0 fully saturated rings. The van der Waals surface area contributed by atoms with E-state index in [1.807, 2.05) is 0 Å². The number of benzene rings is 2. The number of non-ortho nitro benzene ring substituents is 1. The second-order valence-corrected chi connectivity index (χ2v) is 5.25. The fourth-order valence-electron chi connectivity index (χ4n) is 2.56. The van der Waals surface area contributed by atoms with E-state index < -0.39 is 69.7 Å². The lowest BCUT2D eigenvalue weighted by Gasteiger charge is -2.08. The van der Waals surface area contributed by atoms with Crippen LogP contribution in [-0.2, 0) is 0 Å². The molecule has 0 aliphatic heterocycles. The maximum atomic E-state index is 11.5. The predicted molar refractivity (Wildman–Crippen MR) is 89.9 cm³/mol. The molecule has 0 aliphatic carbocycles. The highest BCUT2D eigenvalue weighted by Gasteiger charge is 2.38. The van der Waals surface area contributed by atoms with Crippen molar-refractivity contribution in [1.29, 1.82) is 0 Å². The van der Waals surface area contributed by atoms with Gasteiger partial charge in [0.1, 0.15) is 11.1 Å². The molecular formula is C13H7N5O10. The van der Waals surface area contributed by atoms with Gasteiger partial charge in [0.15, 0.2) is 0 Å². The first-order valence-corrected chi connectivity index (χ1v) is 7.01. The number of rotatable bonds is 6. The summed E-state index contributed by atoms with van der Waals surface area (Å²) in [6, 6.07) is 2.45. The van der Waals surface area contributed by atoms with Crippen LogP contribution in [0.25, 0.3) is 11.1 Å². The molecule has 0 bridgehead atoms. The summed E-state index contributed by atoms with van der Waals surface area (Å²) >= 11 is 0. The minimum Gasteiger partial charge on any atom is -0.258 e. The van der Waals surface area contributed by atoms with Crippen molar-refractivity contribution in [2.24, 2.45) is 0 Å². The second kappa shape index (κ2) is 6.98. The summed E-state index contributed by atoms with van der Waals surface area (Å²) in [6.07, 6.45) is 0. The molecule has 0 saturated carbocycles. The van der Waals surface area contributed by atoms with Crippen molar-refractivity contribution in [3.63, 3.8) is 0 Å². The topological polar surface area (TPSA) is 216 Å². The lowest BCUT2D eigenvalue weighted by molar-refractivity contribution is -0.403. The normalized spacial score (nSPS) is 10.3. The molecule has 0 N–H and O–H groups in total. The molecule has 15 nitrogen and oxygen atoms in total. The molecule has 0 saturated heterocycles. The Morgan fingerprint density at radius 2 is 1.18 bits per heavy atom. The van der Waals surface area contributed by atoms with Gasteiger partial charge in [-0.1, -0.05) is 0 Å². The molecule has 0 heterocycles. The fraction of sp³-hybridized carbons (Fsp3) is 0.0769. The van der Waals surface area contributed by atoms with Crippen LogP contribution < -0.4 is 0 Å². The highest BCUT2D eigenvalue weighted by Crippen LogP contribution is 2.47. The zero-order chi connectivity index (χ0) is 21.3. The lowest BCUT2D eigenvalue weighted by Crippen LogP contribution is -2.05. The Morgan fingerprint density at radius 3 is 1.61 bits per heavy atom. The summed E-state index contributed by atoms with van der Waals surface area (Å²) in [7, 11) is 0. The van der Waals surface area contributed by atoms with E-state index in [2.05, 4.69) is 0 Å². The molecule has 144 valence electrons. The van der Waals surface area contributed by atoms with E-state index in [0.29, 0.717) is 12.1 Å². The second-order valence-electron chi connectivity index (χ2n) is 5.25. The van der Waals surface area contributed by atoms with Crippen LogP contribution in [0.3, 0.4) is 0 Å². The molecule has 0 unspecified atom stereocenters. The van der Waals surface area contributed by atoms with Gasteiger partial charge >= 0.3 is 0 Å². The van der Waals surface area contributed by atoms with Crippen LogP contribution in [0.4, 0.5) is 28.4 Å². The molecule has 0 amide bonds. The Hall–Kier alpha value is -4.56. The molecule has 0 radical (unpaired) electrons. The number of hydrogen-bond acceptors (Lipinski definition) is 10. The number of hydrogen-bond donors (Lipinski definition) is 0. The van der Waals surface area contributed by atoms with E-state index in [9.17, 15) is 50.6 Å². The van der Waals surface area contributed by atoms with E-state index in [4.69, 9.17) is 0 Å². The van der Waals surface area contributed by atoms with Gasteiger partial charge in [0.2, 0.25) is 0 Å². The van der Waals surface area contributed by atoms with Gasteiger partial charge in [-0.2, -0.15) is 0 Å². The van der Waals surface area contributed by atoms with Crippen molar-refractivity contribution in [1.82, 2.24) is 0 Å². The zero-order valence-electron chi connectivity index (χ0n) is 13.6. The van der Waals surface area contributed by atoms with Crippen LogP contribution in [0.1, 0.15) is 5.56 Å². The Kier molecular flexibility index (Phi) is 4.93. The summed E-state index contributed by atoms with van der Waals surface area (Å²) < 4.78 is 0. The van der Waals surface area contributed by atoms with Gasteiger partial charge in [-0.3, -0.25) is 50.6 Å². The van der Waals surface area contributed by atoms with Crippen molar-refractivity contribution in [3.8, 4) is 11.1 Å². The van der Waals surface area contributed by atoms with Gasteiger partial charge in [-0.15, -0.1) is 0 Å².